The van der Waals surface area contributed by atoms with Crippen LogP contribution in [0.4, 0.5) is 0 Å². The zero-order valence-electron chi connectivity index (χ0n) is 16.1. The third-order valence-electron chi connectivity index (χ3n) is 4.87. The summed E-state index contributed by atoms with van der Waals surface area (Å²) < 4.78 is 0. The molecule has 0 radical (unpaired) electrons. The zero-order chi connectivity index (χ0) is 18.8. The zero-order valence-corrected chi connectivity index (χ0v) is 16.1. The van der Waals surface area contributed by atoms with Gasteiger partial charge in [0, 0.05) is 0 Å². The van der Waals surface area contributed by atoms with Gasteiger partial charge in [-0.2, -0.15) is 0 Å². The Balaban J connectivity index is 2.05. The first kappa shape index (κ1) is 18.4. The molecule has 3 aromatic carbocycles. The summed E-state index contributed by atoms with van der Waals surface area (Å²) in [7, 11) is 0. The van der Waals surface area contributed by atoms with Crippen LogP contribution in [-0.4, -0.2) is 0 Å². The predicted octanol–water partition coefficient (Wildman–Crippen LogP) is 5.02. The van der Waals surface area contributed by atoms with Crippen molar-refractivity contribution in [3.05, 3.63) is 105 Å². The summed E-state index contributed by atoms with van der Waals surface area (Å²) in [6.45, 7) is 8.43. The second-order valence-corrected chi connectivity index (χ2v) is 7.43. The van der Waals surface area contributed by atoms with Gasteiger partial charge in [0.15, 0.2) is 0 Å². The number of hydrogen-bond donors (Lipinski definition) is 2. The van der Waals surface area contributed by atoms with E-state index >= 15 is 0 Å². The van der Waals surface area contributed by atoms with Gasteiger partial charge in [0.05, 0.1) is 12.1 Å². The number of rotatable bonds is 4. The summed E-state index contributed by atoms with van der Waals surface area (Å²) in [5.41, 5.74) is 22.7. The van der Waals surface area contributed by atoms with Crippen molar-refractivity contribution in [2.24, 2.45) is 11.5 Å². The summed E-state index contributed by atoms with van der Waals surface area (Å²) in [5.74, 6) is 0. The van der Waals surface area contributed by atoms with E-state index in [9.17, 15) is 0 Å². The first-order valence-corrected chi connectivity index (χ1v) is 9.11. The Morgan fingerprint density at radius 2 is 0.846 bits per heavy atom. The van der Waals surface area contributed by atoms with Crippen LogP contribution >= 0.6 is 0 Å². The van der Waals surface area contributed by atoms with Gasteiger partial charge in [-0.1, -0.05) is 82.9 Å². The summed E-state index contributed by atoms with van der Waals surface area (Å²) >= 11 is 0. The first-order chi connectivity index (χ1) is 12.3. The van der Waals surface area contributed by atoms with Gasteiger partial charge in [0.25, 0.3) is 0 Å². The molecule has 2 nitrogen and oxygen atoms in total. The lowest BCUT2D eigenvalue weighted by Crippen LogP contribution is -2.20. The molecule has 3 rings (SSSR count). The van der Waals surface area contributed by atoms with Crippen molar-refractivity contribution in [3.8, 4) is 0 Å². The molecule has 3 aromatic rings. The van der Waals surface area contributed by atoms with E-state index in [1.54, 1.807) is 0 Å². The average Bonchev–Trinajstić information content (AvgIpc) is 2.59. The van der Waals surface area contributed by atoms with Crippen molar-refractivity contribution in [2.45, 2.75) is 39.8 Å². The SMILES string of the molecule is Cc1cc(C)cc(C(N)c2ccccc2C(N)c2cc(C)cc(C)c2)c1. The predicted molar refractivity (Wildman–Crippen MR) is 110 cm³/mol. The monoisotopic (exact) mass is 344 g/mol. The summed E-state index contributed by atoms with van der Waals surface area (Å²) in [6, 6.07) is 20.9. The van der Waals surface area contributed by atoms with Gasteiger partial charge in [-0.15, -0.1) is 0 Å². The fraction of sp³-hybridized carbons (Fsp3) is 0.250. The second kappa shape index (κ2) is 7.45. The van der Waals surface area contributed by atoms with Crippen molar-refractivity contribution >= 4 is 0 Å². The van der Waals surface area contributed by atoms with Gasteiger partial charge in [-0.05, 0) is 49.9 Å². The highest BCUT2D eigenvalue weighted by molar-refractivity contribution is 5.45. The first-order valence-electron chi connectivity index (χ1n) is 9.11. The largest absolute Gasteiger partial charge is 0.320 e. The molecule has 0 bridgehead atoms. The Hall–Kier alpha value is -2.42. The molecule has 4 N–H and O–H groups in total. The molecule has 0 amide bonds. The van der Waals surface area contributed by atoms with Crippen LogP contribution in [0.2, 0.25) is 0 Å². The topological polar surface area (TPSA) is 52.0 Å². The van der Waals surface area contributed by atoms with Crippen LogP contribution in [-0.2, 0) is 0 Å². The highest BCUT2D eigenvalue weighted by Gasteiger charge is 2.19. The van der Waals surface area contributed by atoms with Crippen LogP contribution in [0, 0.1) is 27.7 Å². The lowest BCUT2D eigenvalue weighted by atomic mass is 9.87. The van der Waals surface area contributed by atoms with Crippen LogP contribution in [0.25, 0.3) is 0 Å². The molecular formula is C24H28N2. The highest BCUT2D eigenvalue weighted by Crippen LogP contribution is 2.30. The average molecular weight is 345 g/mol. The van der Waals surface area contributed by atoms with Crippen LogP contribution in [0.1, 0.15) is 56.6 Å². The molecule has 0 saturated carbocycles. The maximum Gasteiger partial charge on any atom is 0.0555 e. The third-order valence-corrected chi connectivity index (χ3v) is 4.87. The van der Waals surface area contributed by atoms with Crippen molar-refractivity contribution in [1.82, 2.24) is 0 Å². The lowest BCUT2D eigenvalue weighted by Gasteiger charge is -2.22. The molecule has 2 unspecified atom stereocenters. The van der Waals surface area contributed by atoms with Crippen LogP contribution in [0.15, 0.2) is 60.7 Å². The van der Waals surface area contributed by atoms with E-state index in [0.29, 0.717) is 0 Å². The molecule has 2 atom stereocenters. The standard InChI is InChI=1S/C24H28N2/c1-15-9-16(2)12-19(11-15)23(25)21-7-5-6-8-22(21)24(26)20-13-17(3)10-18(4)14-20/h5-14,23-24H,25-26H2,1-4H3. The van der Waals surface area contributed by atoms with E-state index in [2.05, 4.69) is 76.2 Å². The molecule has 0 spiro atoms. The van der Waals surface area contributed by atoms with Gasteiger partial charge < -0.3 is 11.5 Å². The molecule has 0 heterocycles. The van der Waals surface area contributed by atoms with Crippen molar-refractivity contribution in [3.63, 3.8) is 0 Å². The minimum atomic E-state index is -0.193. The number of nitrogens with two attached hydrogens (primary N) is 2. The fourth-order valence-corrected chi connectivity index (χ4v) is 3.82. The van der Waals surface area contributed by atoms with Gasteiger partial charge in [0.2, 0.25) is 0 Å². The van der Waals surface area contributed by atoms with Gasteiger partial charge in [-0.3, -0.25) is 0 Å². The Bertz CT molecular complexity index is 810. The van der Waals surface area contributed by atoms with Crippen LogP contribution < -0.4 is 11.5 Å². The van der Waals surface area contributed by atoms with E-state index in [4.69, 9.17) is 11.5 Å². The van der Waals surface area contributed by atoms with E-state index in [0.717, 1.165) is 22.3 Å². The summed E-state index contributed by atoms with van der Waals surface area (Å²) in [6.07, 6.45) is 0. The van der Waals surface area contributed by atoms with E-state index in [-0.39, 0.29) is 12.1 Å². The second-order valence-electron chi connectivity index (χ2n) is 7.43. The normalized spacial score (nSPS) is 13.5. The van der Waals surface area contributed by atoms with Crippen molar-refractivity contribution in [1.29, 1.82) is 0 Å². The van der Waals surface area contributed by atoms with Gasteiger partial charge >= 0.3 is 0 Å². The molecule has 134 valence electrons. The quantitative estimate of drug-likeness (QED) is 0.698. The Morgan fingerprint density at radius 1 is 0.538 bits per heavy atom. The molecule has 0 aliphatic heterocycles. The molecule has 0 saturated heterocycles. The van der Waals surface area contributed by atoms with E-state index < -0.39 is 0 Å². The molecule has 0 aromatic heterocycles. The van der Waals surface area contributed by atoms with Gasteiger partial charge in [0.1, 0.15) is 0 Å². The third kappa shape index (κ3) is 3.87. The minimum absolute atomic E-state index is 0.193. The molecule has 26 heavy (non-hydrogen) atoms. The number of aryl methyl sites for hydroxylation is 4. The molecule has 0 fully saturated rings. The van der Waals surface area contributed by atoms with Crippen molar-refractivity contribution < 1.29 is 0 Å². The Kier molecular flexibility index (Phi) is 5.26. The Labute approximate surface area is 156 Å². The molecule has 2 heteroatoms. The summed E-state index contributed by atoms with van der Waals surface area (Å²) in [4.78, 5) is 0. The number of hydrogen-bond acceptors (Lipinski definition) is 2. The molecule has 0 aliphatic rings. The maximum absolute atomic E-state index is 6.68. The minimum Gasteiger partial charge on any atom is -0.320 e. The van der Waals surface area contributed by atoms with Gasteiger partial charge in [-0.25, -0.2) is 0 Å². The molecule has 0 aliphatic carbocycles. The number of benzene rings is 3. The summed E-state index contributed by atoms with van der Waals surface area (Å²) in [5, 5.41) is 0. The van der Waals surface area contributed by atoms with E-state index in [1.807, 2.05) is 12.1 Å². The van der Waals surface area contributed by atoms with E-state index in [1.165, 1.54) is 22.3 Å². The maximum atomic E-state index is 6.68. The van der Waals surface area contributed by atoms with Crippen molar-refractivity contribution in [2.75, 3.05) is 0 Å². The fourth-order valence-electron chi connectivity index (χ4n) is 3.82. The van der Waals surface area contributed by atoms with Crippen LogP contribution in [0.3, 0.4) is 0 Å². The smallest absolute Gasteiger partial charge is 0.0555 e. The highest BCUT2D eigenvalue weighted by atomic mass is 14.7. The Morgan fingerprint density at radius 3 is 1.15 bits per heavy atom. The lowest BCUT2D eigenvalue weighted by molar-refractivity contribution is 0.795. The van der Waals surface area contributed by atoms with Crippen LogP contribution in [0.5, 0.6) is 0 Å². The molecular weight excluding hydrogens is 316 g/mol.